The molecule has 0 radical (unpaired) electrons. The lowest BCUT2D eigenvalue weighted by atomic mass is 9.80. The molecule has 0 heterocycles. The van der Waals surface area contributed by atoms with E-state index in [1.807, 2.05) is 31.2 Å². The Morgan fingerprint density at radius 1 is 1.06 bits per heavy atom. The summed E-state index contributed by atoms with van der Waals surface area (Å²) >= 11 is 0. The second kappa shape index (κ2) is 5.71. The summed E-state index contributed by atoms with van der Waals surface area (Å²) in [6.45, 7) is 2.50. The van der Waals surface area contributed by atoms with Crippen LogP contribution >= 0.6 is 0 Å². The molecule has 0 spiro atoms. The first-order chi connectivity index (χ1) is 8.65. The molecule has 0 unspecified atom stereocenters. The highest BCUT2D eigenvalue weighted by Crippen LogP contribution is 2.11. The standard InChI is InChI=1S/C14H15BO3/c1-11-5-7-12(8-6-11)10-18-14-4-2-3-13(9-14)15(16)17/h2-9,16-17H,10H2,1H3. The van der Waals surface area contributed by atoms with Crippen molar-refractivity contribution in [2.75, 3.05) is 0 Å². The van der Waals surface area contributed by atoms with E-state index >= 15 is 0 Å². The van der Waals surface area contributed by atoms with E-state index in [9.17, 15) is 0 Å². The van der Waals surface area contributed by atoms with Crippen LogP contribution in [-0.2, 0) is 6.61 Å². The van der Waals surface area contributed by atoms with Crippen LogP contribution in [0.4, 0.5) is 0 Å². The van der Waals surface area contributed by atoms with E-state index in [2.05, 4.69) is 0 Å². The average Bonchev–Trinajstić information content (AvgIpc) is 2.38. The van der Waals surface area contributed by atoms with Crippen LogP contribution in [-0.4, -0.2) is 17.2 Å². The fraction of sp³-hybridized carbons (Fsp3) is 0.143. The summed E-state index contributed by atoms with van der Waals surface area (Å²) in [5.41, 5.74) is 2.72. The van der Waals surface area contributed by atoms with Gasteiger partial charge in [0, 0.05) is 0 Å². The van der Waals surface area contributed by atoms with Gasteiger partial charge in [-0.05, 0) is 30.1 Å². The van der Waals surface area contributed by atoms with Gasteiger partial charge in [-0.1, -0.05) is 42.0 Å². The molecule has 0 bridgehead atoms. The fourth-order valence-electron chi connectivity index (χ4n) is 1.62. The van der Waals surface area contributed by atoms with Gasteiger partial charge in [-0.3, -0.25) is 0 Å². The van der Waals surface area contributed by atoms with Gasteiger partial charge in [0.25, 0.3) is 0 Å². The monoisotopic (exact) mass is 242 g/mol. The zero-order valence-corrected chi connectivity index (χ0v) is 10.2. The maximum absolute atomic E-state index is 9.06. The maximum atomic E-state index is 9.06. The van der Waals surface area contributed by atoms with Gasteiger partial charge < -0.3 is 14.8 Å². The van der Waals surface area contributed by atoms with Crippen molar-refractivity contribution in [3.8, 4) is 5.75 Å². The molecule has 0 aliphatic heterocycles. The minimum absolute atomic E-state index is 0.427. The van der Waals surface area contributed by atoms with Gasteiger partial charge in [-0.25, -0.2) is 0 Å². The third-order valence-corrected chi connectivity index (χ3v) is 2.68. The number of hydrogen-bond donors (Lipinski definition) is 2. The molecule has 2 aromatic carbocycles. The van der Waals surface area contributed by atoms with Gasteiger partial charge >= 0.3 is 7.12 Å². The van der Waals surface area contributed by atoms with E-state index in [4.69, 9.17) is 14.8 Å². The minimum atomic E-state index is -1.46. The van der Waals surface area contributed by atoms with Crippen molar-refractivity contribution in [3.63, 3.8) is 0 Å². The van der Waals surface area contributed by atoms with Gasteiger partial charge in [0.1, 0.15) is 12.4 Å². The molecule has 0 aromatic heterocycles. The quantitative estimate of drug-likeness (QED) is 0.793. The molecule has 2 aromatic rings. The van der Waals surface area contributed by atoms with E-state index in [1.165, 1.54) is 5.56 Å². The second-order valence-corrected chi connectivity index (χ2v) is 4.22. The smallest absolute Gasteiger partial charge is 0.488 e. The molecule has 3 nitrogen and oxygen atoms in total. The Labute approximate surface area is 107 Å². The van der Waals surface area contributed by atoms with Gasteiger partial charge in [0.15, 0.2) is 0 Å². The second-order valence-electron chi connectivity index (χ2n) is 4.22. The van der Waals surface area contributed by atoms with Gasteiger partial charge in [0.05, 0.1) is 0 Å². The zero-order chi connectivity index (χ0) is 13.0. The molecule has 18 heavy (non-hydrogen) atoms. The molecule has 0 saturated carbocycles. The van der Waals surface area contributed by atoms with Crippen molar-refractivity contribution in [3.05, 3.63) is 59.7 Å². The predicted octanol–water partition coefficient (Wildman–Crippen LogP) is 1.25. The van der Waals surface area contributed by atoms with Crippen LogP contribution in [0.15, 0.2) is 48.5 Å². The van der Waals surface area contributed by atoms with Crippen LogP contribution in [0.25, 0.3) is 0 Å². The first-order valence-corrected chi connectivity index (χ1v) is 5.79. The van der Waals surface area contributed by atoms with E-state index in [-0.39, 0.29) is 0 Å². The highest BCUT2D eigenvalue weighted by molar-refractivity contribution is 6.58. The normalized spacial score (nSPS) is 10.2. The molecule has 0 aliphatic rings. The predicted molar refractivity (Wildman–Crippen MR) is 71.8 cm³/mol. The number of aryl methyl sites for hydroxylation is 1. The highest BCUT2D eigenvalue weighted by Gasteiger charge is 2.10. The Hall–Kier alpha value is -1.78. The van der Waals surface area contributed by atoms with Crippen LogP contribution in [0.1, 0.15) is 11.1 Å². The Kier molecular flexibility index (Phi) is 4.02. The highest BCUT2D eigenvalue weighted by atomic mass is 16.5. The van der Waals surface area contributed by atoms with E-state index in [1.54, 1.807) is 24.3 Å². The van der Waals surface area contributed by atoms with E-state index < -0.39 is 7.12 Å². The van der Waals surface area contributed by atoms with Crippen LogP contribution in [0.2, 0.25) is 0 Å². The van der Waals surface area contributed by atoms with Gasteiger partial charge in [-0.2, -0.15) is 0 Å². The molecular formula is C14H15BO3. The van der Waals surface area contributed by atoms with Gasteiger partial charge in [0.2, 0.25) is 0 Å². The van der Waals surface area contributed by atoms with Crippen LogP contribution < -0.4 is 10.2 Å². The first kappa shape index (κ1) is 12.7. The number of hydrogen-bond acceptors (Lipinski definition) is 3. The molecule has 0 aliphatic carbocycles. The molecule has 0 fully saturated rings. The van der Waals surface area contributed by atoms with Crippen molar-refractivity contribution in [2.45, 2.75) is 13.5 Å². The SMILES string of the molecule is Cc1ccc(COc2cccc(B(O)O)c2)cc1. The topological polar surface area (TPSA) is 49.7 Å². The summed E-state index contributed by atoms with van der Waals surface area (Å²) in [4.78, 5) is 0. The van der Waals surface area contributed by atoms with Gasteiger partial charge in [-0.15, -0.1) is 0 Å². The molecule has 0 atom stereocenters. The van der Waals surface area contributed by atoms with Crippen molar-refractivity contribution in [1.29, 1.82) is 0 Å². The molecule has 0 saturated heterocycles. The van der Waals surface area contributed by atoms with Crippen molar-refractivity contribution >= 4 is 12.6 Å². The summed E-state index contributed by atoms with van der Waals surface area (Å²) in [5.74, 6) is 0.626. The Balaban J connectivity index is 2.01. The third-order valence-electron chi connectivity index (χ3n) is 2.68. The van der Waals surface area contributed by atoms with E-state index in [0.29, 0.717) is 17.8 Å². The largest absolute Gasteiger partial charge is 0.489 e. The number of benzene rings is 2. The lowest BCUT2D eigenvalue weighted by Gasteiger charge is -2.08. The van der Waals surface area contributed by atoms with Crippen LogP contribution in [0.5, 0.6) is 5.75 Å². The third kappa shape index (κ3) is 3.36. The van der Waals surface area contributed by atoms with Crippen LogP contribution in [0, 0.1) is 6.92 Å². The maximum Gasteiger partial charge on any atom is 0.488 e. The number of rotatable bonds is 4. The minimum Gasteiger partial charge on any atom is -0.489 e. The van der Waals surface area contributed by atoms with E-state index in [0.717, 1.165) is 5.56 Å². The van der Waals surface area contributed by atoms with Crippen molar-refractivity contribution in [1.82, 2.24) is 0 Å². The summed E-state index contributed by atoms with van der Waals surface area (Å²) in [5, 5.41) is 18.1. The molecule has 2 rings (SSSR count). The molecular weight excluding hydrogens is 227 g/mol. The molecule has 0 amide bonds. The van der Waals surface area contributed by atoms with Crippen molar-refractivity contribution in [2.24, 2.45) is 0 Å². The Morgan fingerprint density at radius 2 is 1.78 bits per heavy atom. The van der Waals surface area contributed by atoms with Crippen molar-refractivity contribution < 1.29 is 14.8 Å². The summed E-state index contributed by atoms with van der Waals surface area (Å²) in [6, 6.07) is 14.9. The first-order valence-electron chi connectivity index (χ1n) is 5.79. The Bertz CT molecular complexity index is 509. The summed E-state index contributed by atoms with van der Waals surface area (Å²) in [6.07, 6.45) is 0. The number of ether oxygens (including phenoxy) is 1. The molecule has 92 valence electrons. The fourth-order valence-corrected chi connectivity index (χ4v) is 1.62. The van der Waals surface area contributed by atoms with Crippen LogP contribution in [0.3, 0.4) is 0 Å². The average molecular weight is 242 g/mol. The Morgan fingerprint density at radius 3 is 2.44 bits per heavy atom. The molecule has 4 heteroatoms. The summed E-state index contributed by atoms with van der Waals surface area (Å²) < 4.78 is 5.60. The lowest BCUT2D eigenvalue weighted by Crippen LogP contribution is -2.29. The molecule has 2 N–H and O–H groups in total. The zero-order valence-electron chi connectivity index (χ0n) is 10.2. The lowest BCUT2D eigenvalue weighted by molar-refractivity contribution is 0.306. The summed E-state index contributed by atoms with van der Waals surface area (Å²) in [7, 11) is -1.46.